The number of amides is 1. The summed E-state index contributed by atoms with van der Waals surface area (Å²) >= 11 is 2.51. The Bertz CT molecular complexity index is 1150. The highest BCUT2D eigenvalue weighted by molar-refractivity contribution is 7.99. The molecule has 0 saturated heterocycles. The minimum Gasteiger partial charge on any atom is -0.462 e. The second kappa shape index (κ2) is 8.79. The van der Waals surface area contributed by atoms with Gasteiger partial charge in [0, 0.05) is 11.9 Å². The number of hydrogen-bond acceptors (Lipinski definition) is 7. The van der Waals surface area contributed by atoms with Crippen LogP contribution in [0.15, 0.2) is 34.2 Å². The highest BCUT2D eigenvalue weighted by Gasteiger charge is 2.22. The fraction of sp³-hybridized carbons (Fsp3) is 0.300. The van der Waals surface area contributed by atoms with Crippen molar-refractivity contribution in [1.29, 1.82) is 0 Å². The van der Waals surface area contributed by atoms with Gasteiger partial charge in [-0.1, -0.05) is 23.9 Å². The van der Waals surface area contributed by atoms with Gasteiger partial charge in [-0.05, 0) is 38.5 Å². The molecule has 9 heteroatoms. The number of fused-ring (bicyclic) bond motifs is 1. The summed E-state index contributed by atoms with van der Waals surface area (Å²) in [6.07, 6.45) is 0. The normalized spacial score (nSPS) is 10.9. The Kier molecular flexibility index (Phi) is 6.39. The lowest BCUT2D eigenvalue weighted by Crippen LogP contribution is -2.21. The van der Waals surface area contributed by atoms with Crippen LogP contribution in [0.2, 0.25) is 0 Å². The van der Waals surface area contributed by atoms with Gasteiger partial charge < -0.3 is 10.1 Å². The molecule has 1 N–H and O–H groups in total. The molecule has 0 aliphatic carbocycles. The molecule has 29 heavy (non-hydrogen) atoms. The lowest BCUT2D eigenvalue weighted by molar-refractivity contribution is -0.113. The van der Waals surface area contributed by atoms with E-state index in [1.807, 2.05) is 19.9 Å². The summed E-state index contributed by atoms with van der Waals surface area (Å²) in [5, 5.41) is 4.26. The molecule has 2 aromatic heterocycles. The predicted molar refractivity (Wildman–Crippen MR) is 116 cm³/mol. The third kappa shape index (κ3) is 4.35. The van der Waals surface area contributed by atoms with Gasteiger partial charge in [-0.15, -0.1) is 11.3 Å². The van der Waals surface area contributed by atoms with Crippen molar-refractivity contribution in [3.63, 3.8) is 0 Å². The summed E-state index contributed by atoms with van der Waals surface area (Å²) in [7, 11) is 1.63. The van der Waals surface area contributed by atoms with Crippen molar-refractivity contribution in [2.75, 3.05) is 17.7 Å². The molecule has 0 aliphatic heterocycles. The molecule has 1 aromatic carbocycles. The van der Waals surface area contributed by atoms with E-state index in [1.165, 1.54) is 27.7 Å². The number of nitrogens with zero attached hydrogens (tertiary/aromatic N) is 2. The van der Waals surface area contributed by atoms with E-state index in [0.717, 1.165) is 10.4 Å². The fourth-order valence-corrected chi connectivity index (χ4v) is 4.62. The zero-order valence-electron chi connectivity index (χ0n) is 16.6. The first kappa shape index (κ1) is 21.1. The number of thiophene rings is 1. The van der Waals surface area contributed by atoms with E-state index in [1.54, 1.807) is 32.2 Å². The lowest BCUT2D eigenvalue weighted by Gasteiger charge is -2.09. The highest BCUT2D eigenvalue weighted by atomic mass is 32.2. The molecular formula is C20H21N3O4S2. The molecule has 0 fully saturated rings. The number of thioether (sulfide) groups is 1. The smallest absolute Gasteiger partial charge is 0.341 e. The van der Waals surface area contributed by atoms with Crippen LogP contribution in [0, 0.1) is 13.8 Å². The molecule has 0 saturated carbocycles. The van der Waals surface area contributed by atoms with Crippen molar-refractivity contribution >= 4 is 50.9 Å². The van der Waals surface area contributed by atoms with Crippen LogP contribution in [0.5, 0.6) is 0 Å². The first-order valence-electron chi connectivity index (χ1n) is 8.99. The van der Waals surface area contributed by atoms with Gasteiger partial charge in [0.15, 0.2) is 5.16 Å². The third-order valence-electron chi connectivity index (χ3n) is 4.39. The van der Waals surface area contributed by atoms with Crippen molar-refractivity contribution in [1.82, 2.24) is 9.55 Å². The molecule has 152 valence electrons. The zero-order chi connectivity index (χ0) is 21.1. The van der Waals surface area contributed by atoms with Crippen molar-refractivity contribution in [3.8, 4) is 0 Å². The number of hydrogen-bond donors (Lipinski definition) is 1. The number of carbonyl (C=O) groups excluding carboxylic acids is 2. The molecular weight excluding hydrogens is 410 g/mol. The van der Waals surface area contributed by atoms with Gasteiger partial charge in [0.2, 0.25) is 5.91 Å². The monoisotopic (exact) mass is 431 g/mol. The van der Waals surface area contributed by atoms with E-state index < -0.39 is 5.97 Å². The largest absolute Gasteiger partial charge is 0.462 e. The van der Waals surface area contributed by atoms with Crippen molar-refractivity contribution in [3.05, 3.63) is 50.6 Å². The second-order valence-electron chi connectivity index (χ2n) is 6.32. The Morgan fingerprint density at radius 1 is 1.28 bits per heavy atom. The van der Waals surface area contributed by atoms with Gasteiger partial charge >= 0.3 is 5.97 Å². The maximum absolute atomic E-state index is 12.5. The minimum absolute atomic E-state index is 0.0525. The van der Waals surface area contributed by atoms with Gasteiger partial charge in [0.1, 0.15) is 5.00 Å². The Hall–Kier alpha value is -2.65. The van der Waals surface area contributed by atoms with Crippen LogP contribution in [-0.4, -0.2) is 33.8 Å². The topological polar surface area (TPSA) is 90.3 Å². The number of anilines is 1. The van der Waals surface area contributed by atoms with Crippen LogP contribution < -0.4 is 10.9 Å². The average Bonchev–Trinajstić information content (AvgIpc) is 2.97. The van der Waals surface area contributed by atoms with E-state index in [9.17, 15) is 14.4 Å². The van der Waals surface area contributed by atoms with E-state index in [4.69, 9.17) is 4.74 Å². The number of rotatable bonds is 6. The molecule has 0 bridgehead atoms. The fourth-order valence-electron chi connectivity index (χ4n) is 2.78. The molecule has 0 unspecified atom stereocenters. The summed E-state index contributed by atoms with van der Waals surface area (Å²) in [4.78, 5) is 42.6. The van der Waals surface area contributed by atoms with Crippen LogP contribution >= 0.6 is 23.1 Å². The van der Waals surface area contributed by atoms with E-state index in [0.29, 0.717) is 26.6 Å². The van der Waals surface area contributed by atoms with Crippen LogP contribution in [0.4, 0.5) is 5.00 Å². The van der Waals surface area contributed by atoms with Gasteiger partial charge in [-0.2, -0.15) is 0 Å². The first-order chi connectivity index (χ1) is 13.8. The molecule has 1 amide bonds. The predicted octanol–water partition coefficient (Wildman–Crippen LogP) is 3.52. The number of esters is 1. The molecule has 2 heterocycles. The number of para-hydroxylation sites is 1. The quantitative estimate of drug-likeness (QED) is 0.365. The number of carbonyl (C=O) groups is 2. The van der Waals surface area contributed by atoms with Crippen molar-refractivity contribution < 1.29 is 14.3 Å². The maximum atomic E-state index is 12.5. The SMILES string of the molecule is CCOC(=O)c1c(NC(=O)CSc2nc3ccccc3c(=O)n2C)sc(C)c1C. The molecule has 3 aromatic rings. The van der Waals surface area contributed by atoms with E-state index in [-0.39, 0.29) is 23.8 Å². The molecule has 7 nitrogen and oxygen atoms in total. The van der Waals surface area contributed by atoms with Gasteiger partial charge in [0.25, 0.3) is 5.56 Å². The first-order valence-corrected chi connectivity index (χ1v) is 10.8. The third-order valence-corrected chi connectivity index (χ3v) is 6.54. The minimum atomic E-state index is -0.448. The standard InChI is InChI=1S/C20H21N3O4S2/c1-5-27-19(26)16-11(2)12(3)29-17(16)22-15(24)10-28-20-21-14-9-7-6-8-13(14)18(25)23(20)4/h6-9H,5,10H2,1-4H3,(H,22,24). The average molecular weight is 432 g/mol. The second-order valence-corrected chi connectivity index (χ2v) is 8.49. The number of benzene rings is 1. The Morgan fingerprint density at radius 3 is 2.72 bits per heavy atom. The number of aryl methyl sites for hydroxylation is 1. The Labute approximate surface area is 176 Å². The number of aromatic nitrogens is 2. The van der Waals surface area contributed by atoms with Gasteiger partial charge in [0.05, 0.1) is 28.8 Å². The maximum Gasteiger partial charge on any atom is 0.341 e. The molecule has 0 radical (unpaired) electrons. The summed E-state index contributed by atoms with van der Waals surface area (Å²) in [5.41, 5.74) is 1.62. The van der Waals surface area contributed by atoms with E-state index in [2.05, 4.69) is 10.3 Å². The van der Waals surface area contributed by atoms with E-state index >= 15 is 0 Å². The molecule has 0 aliphatic rings. The van der Waals surface area contributed by atoms with Gasteiger partial charge in [-0.3, -0.25) is 14.2 Å². The number of ether oxygens (including phenoxy) is 1. The van der Waals surface area contributed by atoms with Crippen LogP contribution in [-0.2, 0) is 16.6 Å². The van der Waals surface area contributed by atoms with Crippen molar-refractivity contribution in [2.45, 2.75) is 25.9 Å². The summed E-state index contributed by atoms with van der Waals surface area (Å²) < 4.78 is 6.54. The highest BCUT2D eigenvalue weighted by Crippen LogP contribution is 2.33. The lowest BCUT2D eigenvalue weighted by atomic mass is 10.1. The molecule has 0 spiro atoms. The van der Waals surface area contributed by atoms with Crippen molar-refractivity contribution in [2.24, 2.45) is 7.05 Å². The number of nitrogens with one attached hydrogen (secondary N) is 1. The van der Waals surface area contributed by atoms with Crippen LogP contribution in [0.1, 0.15) is 27.7 Å². The summed E-state index contributed by atoms with van der Waals surface area (Å²) in [6.45, 7) is 5.72. The van der Waals surface area contributed by atoms with Gasteiger partial charge in [-0.25, -0.2) is 9.78 Å². The Balaban J connectivity index is 1.77. The Morgan fingerprint density at radius 2 is 2.00 bits per heavy atom. The zero-order valence-corrected chi connectivity index (χ0v) is 18.2. The summed E-state index contributed by atoms with van der Waals surface area (Å²) in [5.74, 6) is -0.684. The van der Waals surface area contributed by atoms with Crippen LogP contribution in [0.25, 0.3) is 10.9 Å². The molecule has 3 rings (SSSR count). The summed E-state index contributed by atoms with van der Waals surface area (Å²) in [6, 6.07) is 7.10. The molecule has 0 atom stereocenters. The van der Waals surface area contributed by atoms with Crippen LogP contribution in [0.3, 0.4) is 0 Å².